The van der Waals surface area contributed by atoms with Crippen LogP contribution < -0.4 is 37.9 Å². The van der Waals surface area contributed by atoms with Gasteiger partial charge in [-0.25, -0.2) is 43.2 Å². The number of nitriles is 1. The first kappa shape index (κ1) is 89.2. The summed E-state index contributed by atoms with van der Waals surface area (Å²) in [5.74, 6) is -4.05. The maximum absolute atomic E-state index is 12.8. The van der Waals surface area contributed by atoms with Crippen LogP contribution in [0.3, 0.4) is 0 Å². The Labute approximate surface area is 640 Å². The van der Waals surface area contributed by atoms with E-state index in [0.717, 1.165) is 86.3 Å². The molecule has 0 aliphatic carbocycles. The molecule has 0 spiro atoms. The molecule has 0 bridgehead atoms. The van der Waals surface area contributed by atoms with Crippen molar-refractivity contribution in [2.24, 2.45) is 0 Å². The number of ether oxygens (including phenoxy) is 12. The first-order chi connectivity index (χ1) is 52.2. The van der Waals surface area contributed by atoms with Crippen LogP contribution in [-0.2, 0) is 38.1 Å². The summed E-state index contributed by atoms with van der Waals surface area (Å²) in [7, 11) is 0. The zero-order valence-electron chi connectivity index (χ0n) is 60.1. The van der Waals surface area contributed by atoms with Crippen LogP contribution in [0.1, 0.15) is 148 Å². The molecule has 8 aromatic carbocycles. The zero-order valence-corrected chi connectivity index (χ0v) is 60.1. The molecule has 22 nitrogen and oxygen atoms in total. The van der Waals surface area contributed by atoms with E-state index in [1.54, 1.807) is 122 Å². The number of esters is 9. The quantitative estimate of drug-likeness (QED) is 0.0115. The number of hydrogen-bond donors (Lipinski definition) is 0. The summed E-state index contributed by atoms with van der Waals surface area (Å²) >= 11 is 0. The van der Waals surface area contributed by atoms with Gasteiger partial charge in [-0.05, 0) is 234 Å². The first-order valence-corrected chi connectivity index (χ1v) is 34.3. The third-order valence-corrected chi connectivity index (χ3v) is 15.0. The van der Waals surface area contributed by atoms with Crippen LogP contribution in [0, 0.1) is 25.2 Å². The highest BCUT2D eigenvalue weighted by molar-refractivity contribution is 5.96. The molecule has 0 aliphatic rings. The lowest BCUT2D eigenvalue weighted by atomic mass is 10.0. The molecular formula is C87H90FNO21. The zero-order chi connectivity index (χ0) is 78.0. The molecule has 0 aromatic heterocycles. The molecule has 0 radical (unpaired) electrons. The molecule has 576 valence electrons. The monoisotopic (exact) mass is 1500 g/mol. The minimum Gasteiger partial charge on any atom is -0.494 e. The molecule has 8 rings (SSSR count). The summed E-state index contributed by atoms with van der Waals surface area (Å²) in [6, 6.07) is 51.6. The number of hydrogen-bond acceptors (Lipinski definition) is 22. The van der Waals surface area contributed by atoms with Crippen molar-refractivity contribution in [3.05, 3.63) is 277 Å². The maximum atomic E-state index is 12.8. The molecule has 0 atom stereocenters. The van der Waals surface area contributed by atoms with Crippen molar-refractivity contribution >= 4 is 53.7 Å². The third kappa shape index (κ3) is 31.8. The van der Waals surface area contributed by atoms with Crippen molar-refractivity contribution in [2.45, 2.75) is 93.4 Å². The van der Waals surface area contributed by atoms with Gasteiger partial charge in [-0.15, -0.1) is 0 Å². The predicted octanol–water partition coefficient (Wildman–Crippen LogP) is 17.8. The lowest BCUT2D eigenvalue weighted by molar-refractivity contribution is -0.142. The maximum Gasteiger partial charge on any atom is 0.366 e. The van der Waals surface area contributed by atoms with E-state index in [1.807, 2.05) is 38.1 Å². The van der Waals surface area contributed by atoms with Crippen LogP contribution in [0.15, 0.2) is 232 Å². The van der Waals surface area contributed by atoms with Crippen LogP contribution in [0.25, 0.3) is 11.1 Å². The second-order valence-corrected chi connectivity index (χ2v) is 23.2. The second kappa shape index (κ2) is 48.8. The van der Waals surface area contributed by atoms with Gasteiger partial charge in [0.2, 0.25) is 5.83 Å². The number of nitrogens with zero attached hydrogens (tertiary/aromatic N) is 1. The molecule has 0 N–H and O–H groups in total. The molecule has 110 heavy (non-hydrogen) atoms. The van der Waals surface area contributed by atoms with Crippen molar-refractivity contribution in [3.8, 4) is 63.2 Å². The Morgan fingerprint density at radius 3 is 1.21 bits per heavy atom. The number of carbonyl (C=O) groups is 9. The first-order valence-electron chi connectivity index (χ1n) is 34.3. The van der Waals surface area contributed by atoms with E-state index in [9.17, 15) is 47.5 Å². The second-order valence-electron chi connectivity index (χ2n) is 23.2. The topological polar surface area (TPSA) is 288 Å². The number of benzene rings is 8. The van der Waals surface area contributed by atoms with Crippen molar-refractivity contribution in [1.82, 2.24) is 0 Å². The van der Waals surface area contributed by atoms with E-state index in [0.29, 0.717) is 96.0 Å². The fourth-order valence-corrected chi connectivity index (χ4v) is 9.24. The fraction of sp³-hybridized carbons (Fsp3) is 0.241. The molecule has 0 heterocycles. The molecule has 0 saturated carbocycles. The van der Waals surface area contributed by atoms with E-state index in [2.05, 4.69) is 37.1 Å². The Kier molecular flexibility index (Phi) is 39.6. The highest BCUT2D eigenvalue weighted by atomic mass is 19.1. The summed E-state index contributed by atoms with van der Waals surface area (Å²) in [4.78, 5) is 107. The number of aryl methyl sites for hydroxylation is 2. The summed E-state index contributed by atoms with van der Waals surface area (Å²) in [5.41, 5.74) is 5.51. The fourth-order valence-electron chi connectivity index (χ4n) is 9.24. The number of rotatable bonds is 37. The Balaban J connectivity index is 0.000000374. The van der Waals surface area contributed by atoms with E-state index in [-0.39, 0.29) is 56.4 Å². The van der Waals surface area contributed by atoms with Gasteiger partial charge in [0.25, 0.3) is 0 Å². The highest BCUT2D eigenvalue weighted by Gasteiger charge is 2.20. The van der Waals surface area contributed by atoms with Crippen molar-refractivity contribution in [3.63, 3.8) is 0 Å². The van der Waals surface area contributed by atoms with Crippen LogP contribution >= 0.6 is 0 Å². The Morgan fingerprint density at radius 2 is 0.764 bits per heavy atom. The normalized spacial score (nSPS) is 9.99. The molecular weight excluding hydrogens is 1410 g/mol. The summed E-state index contributed by atoms with van der Waals surface area (Å²) in [5, 5.41) is 8.74. The van der Waals surface area contributed by atoms with Crippen LogP contribution in [0.4, 0.5) is 4.39 Å². The number of unbranched alkanes of at least 4 members (excludes halogenated alkanes) is 6. The molecule has 0 amide bonds. The molecule has 0 saturated heterocycles. The average Bonchev–Trinajstić information content (AvgIpc) is 0.825. The third-order valence-electron chi connectivity index (χ3n) is 15.0. The largest absolute Gasteiger partial charge is 0.494 e. The smallest absolute Gasteiger partial charge is 0.366 e. The molecule has 8 aromatic rings. The van der Waals surface area contributed by atoms with Gasteiger partial charge in [-0.2, -0.15) is 9.65 Å². The minimum atomic E-state index is -1.27. The summed E-state index contributed by atoms with van der Waals surface area (Å²) in [6.07, 6.45) is 11.1. The molecule has 23 heteroatoms. The van der Waals surface area contributed by atoms with Gasteiger partial charge in [0.15, 0.2) is 0 Å². The molecule has 0 aliphatic heterocycles. The van der Waals surface area contributed by atoms with Gasteiger partial charge in [0.05, 0.1) is 66.9 Å². The Morgan fingerprint density at radius 1 is 0.382 bits per heavy atom. The van der Waals surface area contributed by atoms with E-state index >= 15 is 0 Å². The molecule has 0 fully saturated rings. The van der Waals surface area contributed by atoms with Gasteiger partial charge in [-0.1, -0.05) is 90.1 Å². The average molecular weight is 1500 g/mol. The van der Waals surface area contributed by atoms with Gasteiger partial charge < -0.3 is 56.8 Å². The van der Waals surface area contributed by atoms with Crippen LogP contribution in [-0.4, -0.2) is 100.0 Å². The highest BCUT2D eigenvalue weighted by Crippen LogP contribution is 2.29. The van der Waals surface area contributed by atoms with Crippen LogP contribution in [0.5, 0.6) is 46.0 Å². The van der Waals surface area contributed by atoms with Gasteiger partial charge in [0.1, 0.15) is 64.8 Å². The van der Waals surface area contributed by atoms with Crippen molar-refractivity contribution < 1.29 is 104 Å². The van der Waals surface area contributed by atoms with Gasteiger partial charge >= 0.3 is 53.7 Å². The summed E-state index contributed by atoms with van der Waals surface area (Å²) in [6.45, 7) is 19.8. The SMILES string of the molecule is C.C.C=C(F)C(=O)OCCOC(=O)c1cc(OC(=O)c2ccc(OC(=O)c3ccc(C)cc3)cc2)ccc1OCCC.C=CC(=O)OCCCCCCOc1ccc(C(=O)Oc2ccc(OC(=O)c3ccc(OCCCCCCOC(=O)C=C)cc3)c(C)c2)cc1.C=CC(=O)Oc1ccc(-c2ccc(C#N)cc2)cc1. The predicted molar refractivity (Wildman–Crippen MR) is 411 cm³/mol. The van der Waals surface area contributed by atoms with Crippen molar-refractivity contribution in [1.29, 1.82) is 5.26 Å². The Hall–Kier alpha value is -13.2. The number of halogens is 1. The molecule has 0 unspecified atom stereocenters. The van der Waals surface area contributed by atoms with E-state index < -0.39 is 59.6 Å². The lowest BCUT2D eigenvalue weighted by Gasteiger charge is -2.13. The van der Waals surface area contributed by atoms with E-state index in [1.165, 1.54) is 42.5 Å². The summed E-state index contributed by atoms with van der Waals surface area (Å²) < 4.78 is 76.1. The van der Waals surface area contributed by atoms with E-state index in [4.69, 9.17) is 57.4 Å². The van der Waals surface area contributed by atoms with Crippen LogP contribution in [0.2, 0.25) is 0 Å². The lowest BCUT2D eigenvalue weighted by Crippen LogP contribution is -2.15. The minimum absolute atomic E-state index is 0. The number of carbonyl (C=O) groups excluding carboxylic acids is 9. The Bertz CT molecular complexity index is 4410. The standard InChI is InChI=1S/C39H44O10.C30H27FO9.C16H11NO2.2CH4/c1-4-36(40)46-26-12-8-6-10-24-44-32-18-14-30(15-19-32)38(42)48-34-22-23-35(29(3)28-34)49-39(43)31-16-20-33(21-17-31)45-25-11-7-9-13-27-47-37(41)5-2;1-4-15-36-26-14-13-24(18-25(26)30(35)38-17-16-37-27(32)20(3)31)40-29(34)22-9-11-23(12-10-22)39-28(33)21-7-5-19(2)6-8-21;1-2-16(18)19-15-9-7-14(8-10-15)13-5-3-12(11-17)4-6-13;;/h4-5,14-23,28H,1-2,6-13,24-27H2,3H3;5-14,18H,3-4,15-17H2,1-2H3;2-10H,1H2;2*1H4. The van der Waals surface area contributed by atoms with Gasteiger partial charge in [0, 0.05) is 18.2 Å². The van der Waals surface area contributed by atoms with Gasteiger partial charge in [-0.3, -0.25) is 0 Å². The van der Waals surface area contributed by atoms with Crippen molar-refractivity contribution in [2.75, 3.05) is 46.2 Å².